The summed E-state index contributed by atoms with van der Waals surface area (Å²) in [6, 6.07) is 11.4. The quantitative estimate of drug-likeness (QED) is 0.717. The molecule has 3 aromatic rings. The fourth-order valence-electron chi connectivity index (χ4n) is 2.13. The Morgan fingerprint density at radius 2 is 1.90 bits per heavy atom. The zero-order valence-electron chi connectivity index (χ0n) is 11.0. The van der Waals surface area contributed by atoms with E-state index in [4.69, 9.17) is 14.0 Å². The molecule has 0 aliphatic carbocycles. The van der Waals surface area contributed by atoms with Gasteiger partial charge in [-0.05, 0) is 34.1 Å². The zero-order valence-corrected chi connectivity index (χ0v) is 12.6. The molecule has 0 amide bonds. The van der Waals surface area contributed by atoms with Crippen LogP contribution in [-0.2, 0) is 0 Å². The van der Waals surface area contributed by atoms with Crippen molar-refractivity contribution in [2.45, 2.75) is 0 Å². The van der Waals surface area contributed by atoms with E-state index in [-0.39, 0.29) is 0 Å². The number of aromatic nitrogens is 1. The minimum Gasteiger partial charge on any atom is -0.497 e. The van der Waals surface area contributed by atoms with Crippen LogP contribution in [0.4, 0.5) is 0 Å². The zero-order chi connectivity index (χ0) is 14.1. The molecule has 0 N–H and O–H groups in total. The Bertz CT molecular complexity index is 767. The van der Waals surface area contributed by atoms with Crippen LogP contribution in [0.25, 0.3) is 22.2 Å². The van der Waals surface area contributed by atoms with Crippen molar-refractivity contribution in [2.75, 3.05) is 14.2 Å². The van der Waals surface area contributed by atoms with E-state index in [9.17, 15) is 0 Å². The highest BCUT2D eigenvalue weighted by Crippen LogP contribution is 2.42. The first-order chi connectivity index (χ1) is 9.74. The summed E-state index contributed by atoms with van der Waals surface area (Å²) < 4.78 is 16.9. The third-order valence-corrected chi connectivity index (χ3v) is 3.72. The van der Waals surface area contributed by atoms with Gasteiger partial charge in [0, 0.05) is 15.9 Å². The van der Waals surface area contributed by atoms with Gasteiger partial charge in [0.05, 0.1) is 19.8 Å². The van der Waals surface area contributed by atoms with E-state index in [1.165, 1.54) is 0 Å². The Labute approximate surface area is 124 Å². The lowest BCUT2D eigenvalue weighted by Crippen LogP contribution is -1.92. The van der Waals surface area contributed by atoms with Crippen molar-refractivity contribution in [3.63, 3.8) is 0 Å². The largest absolute Gasteiger partial charge is 0.497 e. The number of rotatable bonds is 3. The molecule has 5 heteroatoms. The van der Waals surface area contributed by atoms with Crippen LogP contribution in [0.5, 0.6) is 11.5 Å². The number of ether oxygens (including phenoxy) is 2. The van der Waals surface area contributed by atoms with Gasteiger partial charge in [0.1, 0.15) is 17.2 Å². The normalized spacial score (nSPS) is 10.8. The van der Waals surface area contributed by atoms with Gasteiger partial charge in [-0.2, -0.15) is 0 Å². The molecular formula is C15H12BrNO3. The molecule has 0 saturated carbocycles. The second-order valence-corrected chi connectivity index (χ2v) is 5.07. The number of methoxy groups -OCH3 is 2. The van der Waals surface area contributed by atoms with Crippen molar-refractivity contribution < 1.29 is 14.0 Å². The molecule has 0 radical (unpaired) electrons. The van der Waals surface area contributed by atoms with E-state index in [2.05, 4.69) is 21.1 Å². The van der Waals surface area contributed by atoms with Gasteiger partial charge in [0.15, 0.2) is 5.58 Å². The molecule has 3 rings (SSSR count). The molecule has 0 bridgehead atoms. The molecule has 0 unspecified atom stereocenters. The topological polar surface area (TPSA) is 44.5 Å². The number of nitrogens with zero attached hydrogens (tertiary/aromatic N) is 1. The maximum absolute atomic E-state index is 5.45. The summed E-state index contributed by atoms with van der Waals surface area (Å²) in [5.74, 6) is 1.39. The van der Waals surface area contributed by atoms with E-state index in [0.717, 1.165) is 26.7 Å². The second-order valence-electron chi connectivity index (χ2n) is 4.21. The molecule has 20 heavy (non-hydrogen) atoms. The van der Waals surface area contributed by atoms with Gasteiger partial charge in [-0.15, -0.1) is 0 Å². The van der Waals surface area contributed by atoms with Crippen LogP contribution in [0, 0.1) is 0 Å². The Hall–Kier alpha value is -2.01. The predicted octanol–water partition coefficient (Wildman–Crippen LogP) is 4.27. The van der Waals surface area contributed by atoms with Gasteiger partial charge in [-0.1, -0.05) is 17.3 Å². The molecule has 0 aliphatic heterocycles. The minimum absolute atomic E-state index is 0.676. The Balaban J connectivity index is 2.28. The van der Waals surface area contributed by atoms with Crippen LogP contribution >= 0.6 is 15.9 Å². The third kappa shape index (κ3) is 2.04. The van der Waals surface area contributed by atoms with Crippen LogP contribution in [0.2, 0.25) is 0 Å². The molecule has 4 nitrogen and oxygen atoms in total. The minimum atomic E-state index is 0.676. The lowest BCUT2D eigenvalue weighted by molar-refractivity contribution is 0.394. The highest BCUT2D eigenvalue weighted by atomic mass is 79.9. The van der Waals surface area contributed by atoms with E-state index in [1.807, 2.05) is 36.4 Å². The summed E-state index contributed by atoms with van der Waals surface area (Å²) in [5, 5.41) is 5.11. The lowest BCUT2D eigenvalue weighted by atomic mass is 10.1. The number of hydrogen-bond acceptors (Lipinski definition) is 4. The first kappa shape index (κ1) is 13.0. The molecule has 0 saturated heterocycles. The molecule has 0 atom stereocenters. The molecule has 2 aromatic carbocycles. The molecule has 1 heterocycles. The summed E-state index contributed by atoms with van der Waals surface area (Å²) in [7, 11) is 3.24. The van der Waals surface area contributed by atoms with Crippen molar-refractivity contribution in [1.29, 1.82) is 0 Å². The van der Waals surface area contributed by atoms with Gasteiger partial charge in [0.2, 0.25) is 0 Å². The van der Waals surface area contributed by atoms with E-state index >= 15 is 0 Å². The molecule has 0 fully saturated rings. The average molecular weight is 334 g/mol. The van der Waals surface area contributed by atoms with Gasteiger partial charge in [0.25, 0.3) is 0 Å². The maximum Gasteiger partial charge on any atom is 0.167 e. The lowest BCUT2D eigenvalue weighted by Gasteiger charge is -2.11. The van der Waals surface area contributed by atoms with Gasteiger partial charge < -0.3 is 14.0 Å². The first-order valence-corrected chi connectivity index (χ1v) is 6.80. The summed E-state index contributed by atoms with van der Waals surface area (Å²) in [6.07, 6.45) is 0. The summed E-state index contributed by atoms with van der Waals surface area (Å²) >= 11 is 3.55. The highest BCUT2D eigenvalue weighted by Gasteiger charge is 2.18. The van der Waals surface area contributed by atoms with Crippen molar-refractivity contribution in [1.82, 2.24) is 5.16 Å². The summed E-state index contributed by atoms with van der Waals surface area (Å²) in [5.41, 5.74) is 2.33. The molecular weight excluding hydrogens is 322 g/mol. The smallest absolute Gasteiger partial charge is 0.167 e. The van der Waals surface area contributed by atoms with Gasteiger partial charge in [-0.3, -0.25) is 0 Å². The second kappa shape index (κ2) is 5.17. The van der Waals surface area contributed by atoms with E-state index < -0.39 is 0 Å². The molecule has 0 aliphatic rings. The fourth-order valence-corrected chi connectivity index (χ4v) is 2.74. The van der Waals surface area contributed by atoms with E-state index in [0.29, 0.717) is 11.5 Å². The maximum atomic E-state index is 5.45. The fraction of sp³-hybridized carbons (Fsp3) is 0.133. The molecule has 102 valence electrons. The standard InChI is InChI=1S/C15H12BrNO3/c1-18-9-7-11(16)14(13(8-9)19-2)15-10-5-3-4-6-12(10)20-17-15/h3-8H,1-2H3. The Morgan fingerprint density at radius 3 is 2.65 bits per heavy atom. The number of halogens is 1. The van der Waals surface area contributed by atoms with Gasteiger partial charge >= 0.3 is 0 Å². The number of fused-ring (bicyclic) bond motifs is 1. The van der Waals surface area contributed by atoms with Crippen molar-refractivity contribution in [3.8, 4) is 22.8 Å². The molecule has 1 aromatic heterocycles. The van der Waals surface area contributed by atoms with Crippen LogP contribution in [-0.4, -0.2) is 19.4 Å². The number of hydrogen-bond donors (Lipinski definition) is 0. The van der Waals surface area contributed by atoms with Crippen LogP contribution in [0.3, 0.4) is 0 Å². The highest BCUT2D eigenvalue weighted by molar-refractivity contribution is 9.10. The predicted molar refractivity (Wildman–Crippen MR) is 80.2 cm³/mol. The monoisotopic (exact) mass is 333 g/mol. The Morgan fingerprint density at radius 1 is 1.10 bits per heavy atom. The van der Waals surface area contributed by atoms with Gasteiger partial charge in [-0.25, -0.2) is 0 Å². The summed E-state index contributed by atoms with van der Waals surface area (Å²) in [6.45, 7) is 0. The number of benzene rings is 2. The van der Waals surface area contributed by atoms with Crippen LogP contribution < -0.4 is 9.47 Å². The average Bonchev–Trinajstić information content (AvgIpc) is 2.90. The van der Waals surface area contributed by atoms with Crippen molar-refractivity contribution in [3.05, 3.63) is 40.9 Å². The van der Waals surface area contributed by atoms with Crippen LogP contribution in [0.15, 0.2) is 45.4 Å². The van der Waals surface area contributed by atoms with Crippen LogP contribution in [0.1, 0.15) is 0 Å². The SMILES string of the molecule is COc1cc(Br)c(-c2noc3ccccc23)c(OC)c1. The summed E-state index contributed by atoms with van der Waals surface area (Å²) in [4.78, 5) is 0. The van der Waals surface area contributed by atoms with Crippen molar-refractivity contribution in [2.24, 2.45) is 0 Å². The third-order valence-electron chi connectivity index (χ3n) is 3.10. The first-order valence-electron chi connectivity index (χ1n) is 6.01. The Kier molecular flexibility index (Phi) is 3.36. The number of para-hydroxylation sites is 1. The van der Waals surface area contributed by atoms with Crippen molar-refractivity contribution >= 4 is 26.9 Å². The molecule has 0 spiro atoms. The van der Waals surface area contributed by atoms with E-state index in [1.54, 1.807) is 14.2 Å².